The molecular weight excluding hydrogens is 411 g/mol. The lowest BCUT2D eigenvalue weighted by molar-refractivity contribution is 0.0467. The number of hydrogen-bond acceptors (Lipinski definition) is 4. The number of carbonyl (C=O) groups is 1. The number of rotatable bonds is 5. The highest BCUT2D eigenvalue weighted by atomic mass is 35.5. The molecule has 0 radical (unpaired) electrons. The number of fused-ring (bicyclic) bond motifs is 1. The molecule has 0 saturated heterocycles. The van der Waals surface area contributed by atoms with E-state index in [9.17, 15) is 4.79 Å². The van der Waals surface area contributed by atoms with Gasteiger partial charge in [0, 0.05) is 12.4 Å². The summed E-state index contributed by atoms with van der Waals surface area (Å²) in [6.45, 7) is 4.26. The summed E-state index contributed by atoms with van der Waals surface area (Å²) in [5.41, 5.74) is 4.35. The van der Waals surface area contributed by atoms with Crippen LogP contribution in [0.3, 0.4) is 0 Å². The average molecular weight is 429 g/mol. The summed E-state index contributed by atoms with van der Waals surface area (Å²) in [6.07, 6.45) is 3.51. The summed E-state index contributed by atoms with van der Waals surface area (Å²) < 4.78 is 8.81. The van der Waals surface area contributed by atoms with Gasteiger partial charge in [0.2, 0.25) is 0 Å². The number of benzene rings is 1. The number of ether oxygens (including phenoxy) is 1. The lowest BCUT2D eigenvalue weighted by atomic mass is 10.1. The normalized spacial score (nSPS) is 11.2. The van der Waals surface area contributed by atoms with Crippen LogP contribution in [-0.4, -0.2) is 25.1 Å². The van der Waals surface area contributed by atoms with Gasteiger partial charge in [-0.15, -0.1) is 0 Å². The van der Waals surface area contributed by atoms with Gasteiger partial charge in [-0.25, -0.2) is 14.5 Å². The third kappa shape index (κ3) is 4.13. The minimum Gasteiger partial charge on any atom is -0.455 e. The maximum atomic E-state index is 12.6. The van der Waals surface area contributed by atoms with Crippen LogP contribution in [0.25, 0.3) is 5.65 Å². The molecule has 0 fully saturated rings. The summed E-state index contributed by atoms with van der Waals surface area (Å²) in [4.78, 5) is 17.0. The van der Waals surface area contributed by atoms with Crippen LogP contribution >= 0.6 is 23.2 Å². The number of imidazole rings is 1. The minimum absolute atomic E-state index is 0.0248. The molecule has 3 heterocycles. The molecule has 4 rings (SSSR count). The zero-order chi connectivity index (χ0) is 20.5. The Hall–Kier alpha value is -2.83. The fraction of sp³-hybridized carbons (Fsp3) is 0.190. The smallest absolute Gasteiger partial charge is 0.343 e. The molecule has 0 unspecified atom stereocenters. The SMILES string of the molecule is Cc1ccc(Cn2nc(C)c(C(=O)OCc3cn4cc(Cl)ccc4n3)c2Cl)cc1. The van der Waals surface area contributed by atoms with E-state index >= 15 is 0 Å². The highest BCUT2D eigenvalue weighted by molar-refractivity contribution is 6.32. The van der Waals surface area contributed by atoms with Gasteiger partial charge < -0.3 is 9.14 Å². The Morgan fingerprint density at radius 3 is 2.59 bits per heavy atom. The second-order valence-electron chi connectivity index (χ2n) is 6.82. The number of hydrogen-bond donors (Lipinski definition) is 0. The summed E-state index contributed by atoms with van der Waals surface area (Å²) in [5.74, 6) is -0.530. The van der Waals surface area contributed by atoms with Gasteiger partial charge in [0.15, 0.2) is 0 Å². The Bertz CT molecular complexity index is 1200. The molecule has 29 heavy (non-hydrogen) atoms. The third-order valence-corrected chi connectivity index (χ3v) is 5.15. The van der Waals surface area contributed by atoms with Gasteiger partial charge in [0.1, 0.15) is 23.0 Å². The van der Waals surface area contributed by atoms with Crippen LogP contribution in [0.15, 0.2) is 48.8 Å². The predicted molar refractivity (Wildman–Crippen MR) is 112 cm³/mol. The molecule has 148 valence electrons. The molecule has 0 spiro atoms. The lowest BCUT2D eigenvalue weighted by Crippen LogP contribution is -2.07. The van der Waals surface area contributed by atoms with Crippen molar-refractivity contribution in [2.24, 2.45) is 0 Å². The standard InChI is InChI=1S/C21H18Cl2N4O2/c1-13-3-5-15(6-4-13)9-27-20(23)19(14(2)25-27)21(28)29-12-17-11-26-10-16(22)7-8-18(26)24-17/h3-8,10-11H,9,12H2,1-2H3. The van der Waals surface area contributed by atoms with Gasteiger partial charge in [0.05, 0.1) is 23.0 Å². The molecule has 0 aliphatic heterocycles. The van der Waals surface area contributed by atoms with E-state index in [1.54, 1.807) is 40.5 Å². The zero-order valence-corrected chi connectivity index (χ0v) is 17.4. The number of halogens is 2. The van der Waals surface area contributed by atoms with E-state index in [4.69, 9.17) is 27.9 Å². The van der Waals surface area contributed by atoms with Gasteiger partial charge >= 0.3 is 5.97 Å². The predicted octanol–water partition coefficient (Wildman–Crippen LogP) is 4.86. The number of aromatic nitrogens is 4. The van der Waals surface area contributed by atoms with E-state index in [1.165, 1.54) is 5.56 Å². The molecule has 4 aromatic rings. The van der Waals surface area contributed by atoms with Gasteiger partial charge in [-0.3, -0.25) is 0 Å². The van der Waals surface area contributed by atoms with Crippen LogP contribution in [0.1, 0.15) is 32.9 Å². The van der Waals surface area contributed by atoms with Gasteiger partial charge in [-0.1, -0.05) is 53.0 Å². The monoisotopic (exact) mass is 428 g/mol. The van der Waals surface area contributed by atoms with Crippen LogP contribution in [0.5, 0.6) is 0 Å². The molecule has 0 aliphatic carbocycles. The fourth-order valence-corrected chi connectivity index (χ4v) is 3.53. The van der Waals surface area contributed by atoms with Crippen LogP contribution in [0.2, 0.25) is 10.2 Å². The highest BCUT2D eigenvalue weighted by Gasteiger charge is 2.22. The Balaban J connectivity index is 1.49. The van der Waals surface area contributed by atoms with Gasteiger partial charge in [-0.05, 0) is 31.5 Å². The van der Waals surface area contributed by atoms with E-state index in [0.717, 1.165) is 11.2 Å². The van der Waals surface area contributed by atoms with Crippen molar-refractivity contribution in [1.29, 1.82) is 0 Å². The van der Waals surface area contributed by atoms with E-state index < -0.39 is 5.97 Å². The van der Waals surface area contributed by atoms with Crippen molar-refractivity contribution in [2.45, 2.75) is 27.0 Å². The molecular formula is C21H18Cl2N4O2. The van der Waals surface area contributed by atoms with Crippen molar-refractivity contribution in [3.8, 4) is 0 Å². The number of esters is 1. The molecule has 1 aromatic carbocycles. The minimum atomic E-state index is -0.530. The second kappa shape index (κ2) is 7.89. The molecule has 0 N–H and O–H groups in total. The van der Waals surface area contributed by atoms with E-state index in [2.05, 4.69) is 10.1 Å². The van der Waals surface area contributed by atoms with E-state index in [1.807, 2.05) is 31.2 Å². The molecule has 0 atom stereocenters. The first-order valence-electron chi connectivity index (χ1n) is 8.99. The van der Waals surface area contributed by atoms with Crippen molar-refractivity contribution in [3.05, 3.63) is 87.0 Å². The number of pyridine rings is 1. The number of carbonyl (C=O) groups excluding carboxylic acids is 1. The van der Waals surface area contributed by atoms with Crippen molar-refractivity contribution >= 4 is 34.8 Å². The van der Waals surface area contributed by atoms with Crippen LogP contribution in [0.4, 0.5) is 0 Å². The molecule has 0 bridgehead atoms. The Labute approximate surface area is 177 Å². The van der Waals surface area contributed by atoms with Crippen LogP contribution in [-0.2, 0) is 17.9 Å². The molecule has 8 heteroatoms. The Morgan fingerprint density at radius 2 is 1.83 bits per heavy atom. The van der Waals surface area contributed by atoms with E-state index in [-0.39, 0.29) is 17.3 Å². The van der Waals surface area contributed by atoms with Crippen LogP contribution in [0, 0.1) is 13.8 Å². The van der Waals surface area contributed by atoms with Crippen molar-refractivity contribution in [3.63, 3.8) is 0 Å². The molecule has 6 nitrogen and oxygen atoms in total. The second-order valence-corrected chi connectivity index (χ2v) is 7.61. The molecule has 0 aliphatic rings. The fourth-order valence-electron chi connectivity index (χ4n) is 3.05. The molecule has 0 amide bonds. The van der Waals surface area contributed by atoms with Gasteiger partial charge in [-0.2, -0.15) is 5.10 Å². The van der Waals surface area contributed by atoms with Gasteiger partial charge in [0.25, 0.3) is 0 Å². The van der Waals surface area contributed by atoms with Crippen molar-refractivity contribution < 1.29 is 9.53 Å². The molecule has 3 aromatic heterocycles. The average Bonchev–Trinajstić information content (AvgIpc) is 3.21. The van der Waals surface area contributed by atoms with Crippen LogP contribution < -0.4 is 0 Å². The summed E-state index contributed by atoms with van der Waals surface area (Å²) in [7, 11) is 0. The topological polar surface area (TPSA) is 61.4 Å². The summed E-state index contributed by atoms with van der Waals surface area (Å²) in [5, 5.41) is 5.26. The maximum Gasteiger partial charge on any atom is 0.343 e. The Morgan fingerprint density at radius 1 is 1.07 bits per heavy atom. The largest absolute Gasteiger partial charge is 0.455 e. The van der Waals surface area contributed by atoms with E-state index in [0.29, 0.717) is 23.0 Å². The zero-order valence-electron chi connectivity index (χ0n) is 15.9. The quantitative estimate of drug-likeness (QED) is 0.425. The maximum absolute atomic E-state index is 12.6. The first kappa shape index (κ1) is 19.5. The first-order chi connectivity index (χ1) is 13.9. The Kier molecular flexibility index (Phi) is 5.30. The summed E-state index contributed by atoms with van der Waals surface area (Å²) in [6, 6.07) is 11.6. The molecule has 0 saturated carbocycles. The van der Waals surface area contributed by atoms with Crippen molar-refractivity contribution in [2.75, 3.05) is 0 Å². The number of aryl methyl sites for hydroxylation is 2. The highest BCUT2D eigenvalue weighted by Crippen LogP contribution is 2.22. The first-order valence-corrected chi connectivity index (χ1v) is 9.75. The lowest BCUT2D eigenvalue weighted by Gasteiger charge is -2.05. The van der Waals surface area contributed by atoms with Crippen molar-refractivity contribution in [1.82, 2.24) is 19.2 Å². The third-order valence-electron chi connectivity index (χ3n) is 4.54. The summed E-state index contributed by atoms with van der Waals surface area (Å²) >= 11 is 12.4. The number of nitrogens with zero attached hydrogens (tertiary/aromatic N) is 4.